The lowest BCUT2D eigenvalue weighted by molar-refractivity contribution is -0.138. The molecule has 1 amide bonds. The number of aromatic nitrogens is 3. The number of amides is 1. The number of carbonyl (C=O) groups is 1. The van der Waals surface area contributed by atoms with Gasteiger partial charge in [0.1, 0.15) is 6.54 Å². The van der Waals surface area contributed by atoms with Gasteiger partial charge in [0.2, 0.25) is 5.91 Å². The Hall–Kier alpha value is -1.91. The minimum atomic E-state index is 0.159. The smallest absolute Gasteiger partial charge is 0.244 e. The van der Waals surface area contributed by atoms with Crippen molar-refractivity contribution in [3.05, 3.63) is 24.0 Å². The van der Waals surface area contributed by atoms with E-state index in [2.05, 4.69) is 34.9 Å². The lowest BCUT2D eigenvalue weighted by atomic mass is 9.94. The number of rotatable bonds is 3. The Balaban J connectivity index is 1.82. The van der Waals surface area contributed by atoms with Gasteiger partial charge in [-0.2, -0.15) is 5.10 Å². The van der Waals surface area contributed by atoms with Gasteiger partial charge >= 0.3 is 0 Å². The van der Waals surface area contributed by atoms with E-state index >= 15 is 0 Å². The monoisotopic (exact) mass is 300 g/mol. The van der Waals surface area contributed by atoms with Crippen molar-refractivity contribution in [3.8, 4) is 0 Å². The van der Waals surface area contributed by atoms with E-state index in [-0.39, 0.29) is 12.5 Å². The summed E-state index contributed by atoms with van der Waals surface area (Å²) in [4.78, 5) is 19.3. The molecule has 1 fully saturated rings. The van der Waals surface area contributed by atoms with E-state index in [9.17, 15) is 4.79 Å². The van der Waals surface area contributed by atoms with E-state index in [4.69, 9.17) is 0 Å². The van der Waals surface area contributed by atoms with Crippen LogP contribution in [-0.4, -0.2) is 37.7 Å². The molecule has 2 aromatic rings. The van der Waals surface area contributed by atoms with Crippen LogP contribution in [0.25, 0.3) is 11.0 Å². The number of hydrogen-bond donors (Lipinski definition) is 0. The van der Waals surface area contributed by atoms with Crippen molar-refractivity contribution >= 4 is 16.9 Å². The minimum absolute atomic E-state index is 0.159. The molecular formula is C17H24N4O. The fourth-order valence-electron chi connectivity index (χ4n) is 3.54. The van der Waals surface area contributed by atoms with Gasteiger partial charge < -0.3 is 4.90 Å². The van der Waals surface area contributed by atoms with Gasteiger partial charge in [-0.1, -0.05) is 6.92 Å². The minimum Gasteiger partial charge on any atom is -0.335 e. The maximum Gasteiger partial charge on any atom is 0.244 e. The summed E-state index contributed by atoms with van der Waals surface area (Å²) >= 11 is 0. The molecular weight excluding hydrogens is 276 g/mol. The number of fused-ring (bicyclic) bond motifs is 1. The number of nitrogens with zero attached hydrogens (tertiary/aromatic N) is 4. The van der Waals surface area contributed by atoms with Crippen LogP contribution in [0, 0.1) is 6.92 Å². The zero-order chi connectivity index (χ0) is 15.7. The number of hydrogen-bond acceptors (Lipinski definition) is 3. The first-order valence-electron chi connectivity index (χ1n) is 8.19. The van der Waals surface area contributed by atoms with E-state index < -0.39 is 0 Å². The van der Waals surface area contributed by atoms with Crippen LogP contribution in [0.4, 0.5) is 0 Å². The summed E-state index contributed by atoms with van der Waals surface area (Å²) in [6, 6.07) is 2.74. The van der Waals surface area contributed by atoms with Gasteiger partial charge in [-0.15, -0.1) is 0 Å². The summed E-state index contributed by atoms with van der Waals surface area (Å²) in [5.74, 6) is 0.159. The van der Waals surface area contributed by atoms with Gasteiger partial charge in [0.15, 0.2) is 5.65 Å². The lowest BCUT2D eigenvalue weighted by Crippen LogP contribution is -2.49. The highest BCUT2D eigenvalue weighted by Gasteiger charge is 2.30. The topological polar surface area (TPSA) is 51.0 Å². The van der Waals surface area contributed by atoms with Crippen molar-refractivity contribution in [2.45, 2.75) is 65.1 Å². The van der Waals surface area contributed by atoms with Crippen LogP contribution >= 0.6 is 0 Å². The van der Waals surface area contributed by atoms with E-state index in [0.29, 0.717) is 12.1 Å². The normalized spacial score (nSPS) is 22.2. The van der Waals surface area contributed by atoms with Gasteiger partial charge in [-0.05, 0) is 51.2 Å². The van der Waals surface area contributed by atoms with Crippen LogP contribution in [0.3, 0.4) is 0 Å². The second-order valence-electron chi connectivity index (χ2n) is 6.37. The molecule has 22 heavy (non-hydrogen) atoms. The van der Waals surface area contributed by atoms with Gasteiger partial charge in [0.05, 0.1) is 6.20 Å². The van der Waals surface area contributed by atoms with Crippen LogP contribution < -0.4 is 0 Å². The molecule has 2 aromatic heterocycles. The molecule has 0 spiro atoms. The molecule has 0 saturated carbocycles. The number of likely N-dealkylation sites (tertiary alicyclic amines) is 1. The Bertz CT molecular complexity index is 678. The third kappa shape index (κ3) is 2.72. The van der Waals surface area contributed by atoms with Crippen LogP contribution in [0.15, 0.2) is 18.5 Å². The molecule has 0 aromatic carbocycles. The van der Waals surface area contributed by atoms with Gasteiger partial charge in [0, 0.05) is 23.7 Å². The first-order valence-corrected chi connectivity index (χ1v) is 8.19. The summed E-state index contributed by atoms with van der Waals surface area (Å²) in [7, 11) is 0. The quantitative estimate of drug-likeness (QED) is 0.875. The standard InChI is InChI=1S/C17H24N4O/c1-4-15-7-5-6-13(3)21(15)16(22)11-20-17-14(10-19-20)8-12(2)9-18-17/h8-10,13,15H,4-7,11H2,1-3H3/t13-,15+/m0/s1. The van der Waals surface area contributed by atoms with Gasteiger partial charge in [0.25, 0.3) is 0 Å². The molecule has 0 unspecified atom stereocenters. The van der Waals surface area contributed by atoms with Crippen LogP contribution in [0.2, 0.25) is 0 Å². The summed E-state index contributed by atoms with van der Waals surface area (Å²) in [5, 5.41) is 5.35. The maximum atomic E-state index is 12.8. The summed E-state index contributed by atoms with van der Waals surface area (Å²) in [6.07, 6.45) is 8.06. The molecule has 0 radical (unpaired) electrons. The highest BCUT2D eigenvalue weighted by Crippen LogP contribution is 2.25. The molecule has 0 aliphatic carbocycles. The molecule has 1 aliphatic rings. The van der Waals surface area contributed by atoms with Crippen molar-refractivity contribution in [1.82, 2.24) is 19.7 Å². The Morgan fingerprint density at radius 2 is 2.18 bits per heavy atom. The molecule has 5 heteroatoms. The number of carbonyl (C=O) groups excluding carboxylic acids is 1. The summed E-state index contributed by atoms with van der Waals surface area (Å²) < 4.78 is 1.73. The van der Waals surface area contributed by atoms with Crippen molar-refractivity contribution in [2.24, 2.45) is 0 Å². The second kappa shape index (κ2) is 6.07. The average Bonchev–Trinajstić information content (AvgIpc) is 2.88. The highest BCUT2D eigenvalue weighted by molar-refractivity contribution is 5.80. The fourth-order valence-corrected chi connectivity index (χ4v) is 3.54. The molecule has 1 saturated heterocycles. The predicted molar refractivity (Wildman–Crippen MR) is 86.5 cm³/mol. The molecule has 0 N–H and O–H groups in total. The zero-order valence-electron chi connectivity index (χ0n) is 13.6. The van der Waals surface area contributed by atoms with Crippen molar-refractivity contribution in [3.63, 3.8) is 0 Å². The largest absolute Gasteiger partial charge is 0.335 e. The Morgan fingerprint density at radius 1 is 1.36 bits per heavy atom. The number of aryl methyl sites for hydroxylation is 1. The molecule has 118 valence electrons. The van der Waals surface area contributed by atoms with Crippen molar-refractivity contribution in [1.29, 1.82) is 0 Å². The Kier molecular flexibility index (Phi) is 4.14. The summed E-state index contributed by atoms with van der Waals surface area (Å²) in [5.41, 5.74) is 1.89. The van der Waals surface area contributed by atoms with Gasteiger partial charge in [-0.3, -0.25) is 4.79 Å². The first-order chi connectivity index (χ1) is 10.6. The molecule has 3 heterocycles. The van der Waals surface area contributed by atoms with E-state index in [1.807, 2.05) is 13.1 Å². The second-order valence-corrected chi connectivity index (χ2v) is 6.37. The fraction of sp³-hybridized carbons (Fsp3) is 0.588. The Labute approximate surface area is 131 Å². The molecule has 2 atom stereocenters. The van der Waals surface area contributed by atoms with Crippen molar-refractivity contribution in [2.75, 3.05) is 0 Å². The molecule has 3 rings (SSSR count). The third-order valence-electron chi connectivity index (χ3n) is 4.68. The number of piperidine rings is 1. The maximum absolute atomic E-state index is 12.8. The third-order valence-corrected chi connectivity index (χ3v) is 4.68. The summed E-state index contributed by atoms with van der Waals surface area (Å²) in [6.45, 7) is 6.61. The predicted octanol–water partition coefficient (Wildman–Crippen LogP) is 2.92. The van der Waals surface area contributed by atoms with Gasteiger partial charge in [-0.25, -0.2) is 9.67 Å². The molecule has 0 bridgehead atoms. The number of pyridine rings is 1. The van der Waals surface area contributed by atoms with Crippen LogP contribution in [0.5, 0.6) is 0 Å². The van der Waals surface area contributed by atoms with Crippen molar-refractivity contribution < 1.29 is 4.79 Å². The molecule has 1 aliphatic heterocycles. The van der Waals surface area contributed by atoms with Crippen LogP contribution in [-0.2, 0) is 11.3 Å². The average molecular weight is 300 g/mol. The van der Waals surface area contributed by atoms with Crippen LogP contribution in [0.1, 0.15) is 45.1 Å². The Morgan fingerprint density at radius 3 is 2.95 bits per heavy atom. The SMILES string of the molecule is CC[C@@H]1CCC[C@H](C)N1C(=O)Cn1ncc2cc(C)cnc21. The first kappa shape index (κ1) is 15.0. The lowest BCUT2D eigenvalue weighted by Gasteiger charge is -2.40. The molecule has 5 nitrogen and oxygen atoms in total. The van der Waals surface area contributed by atoms with E-state index in [1.165, 1.54) is 6.42 Å². The van der Waals surface area contributed by atoms with E-state index in [1.54, 1.807) is 10.9 Å². The highest BCUT2D eigenvalue weighted by atomic mass is 16.2. The van der Waals surface area contributed by atoms with E-state index in [0.717, 1.165) is 35.9 Å². The zero-order valence-corrected chi connectivity index (χ0v) is 13.6.